The van der Waals surface area contributed by atoms with E-state index in [1.807, 2.05) is 45.0 Å². The average Bonchev–Trinajstić information content (AvgIpc) is 2.07. The van der Waals surface area contributed by atoms with Crippen molar-refractivity contribution in [3.63, 3.8) is 0 Å². The third-order valence-corrected chi connectivity index (χ3v) is 1.10. The van der Waals surface area contributed by atoms with Crippen molar-refractivity contribution >= 4 is 13.6 Å². The molecule has 0 aliphatic heterocycles. The van der Waals surface area contributed by atoms with E-state index in [4.69, 9.17) is 4.74 Å². The van der Waals surface area contributed by atoms with E-state index in [1.54, 1.807) is 0 Å². The number of hydrogen-bond acceptors (Lipinski definition) is 1. The van der Waals surface area contributed by atoms with E-state index in [9.17, 15) is 0 Å². The zero-order valence-corrected chi connectivity index (χ0v) is 12.9. The van der Waals surface area contributed by atoms with E-state index >= 15 is 0 Å². The van der Waals surface area contributed by atoms with Crippen LogP contribution in [0.25, 0.3) is 0 Å². The van der Waals surface area contributed by atoms with E-state index in [0.717, 1.165) is 5.75 Å². The Morgan fingerprint density at radius 3 is 2.31 bits per heavy atom. The molecule has 1 nitrogen and oxygen atoms in total. The van der Waals surface area contributed by atoms with Crippen LogP contribution in [0.1, 0.15) is 20.8 Å². The van der Waals surface area contributed by atoms with Crippen molar-refractivity contribution in [1.82, 2.24) is 0 Å². The van der Waals surface area contributed by atoms with Crippen LogP contribution in [0.5, 0.6) is 5.75 Å². The summed E-state index contributed by atoms with van der Waals surface area (Å²) in [5.41, 5.74) is -0.127. The second kappa shape index (κ2) is 6.56. The van der Waals surface area contributed by atoms with Crippen LogP contribution in [-0.2, 0) is 16.3 Å². The average molecular weight is 295 g/mol. The molecule has 0 atom stereocenters. The van der Waals surface area contributed by atoms with Crippen molar-refractivity contribution in [2.24, 2.45) is 0 Å². The molecular weight excluding hydrogens is 281 g/mol. The van der Waals surface area contributed by atoms with Gasteiger partial charge in [0.05, 0.1) is 5.60 Å². The second-order valence-electron chi connectivity index (χ2n) is 3.44. The third kappa shape index (κ3) is 7.21. The van der Waals surface area contributed by atoms with Crippen molar-refractivity contribution in [2.45, 2.75) is 26.4 Å². The molecule has 68 valence electrons. The molecule has 0 saturated carbocycles. The van der Waals surface area contributed by atoms with Gasteiger partial charge in [-0.15, -0.1) is 12.1 Å². The molecule has 0 heterocycles. The standard InChI is InChI=1S/C10H13O.BrH.Zn/c1-10(2,3)11-9-7-5-4-6-8-9;;/h4-7H,1-3H3;1H;/q-1;;+2/p-1. The van der Waals surface area contributed by atoms with Gasteiger partial charge in [0.15, 0.2) is 0 Å². The maximum atomic E-state index is 5.55. The Kier molecular flexibility index (Phi) is 6.62. The third-order valence-electron chi connectivity index (χ3n) is 1.10. The SMILES string of the molecule is CC(C)(C)Oc1[c-]cccc1.[Zn+][Br]. The Morgan fingerprint density at radius 1 is 1.31 bits per heavy atom. The summed E-state index contributed by atoms with van der Waals surface area (Å²) >= 11 is 4.25. The van der Waals surface area contributed by atoms with Crippen molar-refractivity contribution in [1.29, 1.82) is 0 Å². The Bertz CT molecular complexity index is 218. The minimum absolute atomic E-state index is 0.127. The fraction of sp³-hybridized carbons (Fsp3) is 0.400. The van der Waals surface area contributed by atoms with E-state index in [-0.39, 0.29) is 5.60 Å². The van der Waals surface area contributed by atoms with Crippen molar-refractivity contribution in [3.8, 4) is 5.75 Å². The zero-order chi connectivity index (χ0) is 10.3. The van der Waals surface area contributed by atoms with Gasteiger partial charge in [0.25, 0.3) is 0 Å². The molecule has 0 N–H and O–H groups in total. The van der Waals surface area contributed by atoms with Gasteiger partial charge in [0.2, 0.25) is 0 Å². The number of para-hydroxylation sites is 1. The molecule has 0 unspecified atom stereocenters. The normalized spacial score (nSPS) is 10.0. The molecule has 0 saturated heterocycles. The summed E-state index contributed by atoms with van der Waals surface area (Å²) in [5.74, 6) is 0.806. The second-order valence-corrected chi connectivity index (χ2v) is 3.44. The fourth-order valence-electron chi connectivity index (χ4n) is 0.770. The number of ether oxygens (including phenoxy) is 1. The van der Waals surface area contributed by atoms with Gasteiger partial charge in [-0.25, -0.2) is 0 Å². The Morgan fingerprint density at radius 2 is 1.92 bits per heavy atom. The summed E-state index contributed by atoms with van der Waals surface area (Å²) in [6.45, 7) is 6.06. The summed E-state index contributed by atoms with van der Waals surface area (Å²) < 4.78 is 5.55. The van der Waals surface area contributed by atoms with Gasteiger partial charge < -0.3 is 4.74 Å². The van der Waals surface area contributed by atoms with Gasteiger partial charge in [0.1, 0.15) is 0 Å². The Hall–Kier alpha value is 0.123. The molecule has 3 heteroatoms. The first-order chi connectivity index (χ1) is 6.08. The van der Waals surface area contributed by atoms with Crippen LogP contribution in [0, 0.1) is 6.07 Å². The number of rotatable bonds is 1. The van der Waals surface area contributed by atoms with Crippen LogP contribution in [0.2, 0.25) is 0 Å². The first-order valence-corrected chi connectivity index (χ1v) is 11.0. The van der Waals surface area contributed by atoms with Gasteiger partial charge >= 0.3 is 30.0 Å². The zero-order valence-electron chi connectivity index (χ0n) is 8.30. The van der Waals surface area contributed by atoms with Gasteiger partial charge in [-0.2, -0.15) is 18.2 Å². The van der Waals surface area contributed by atoms with Gasteiger partial charge in [-0.1, -0.05) is 0 Å². The van der Waals surface area contributed by atoms with E-state index < -0.39 is 0 Å². The molecule has 1 aromatic carbocycles. The molecule has 13 heavy (non-hydrogen) atoms. The summed E-state index contributed by atoms with van der Waals surface area (Å²) in [6.07, 6.45) is 0. The van der Waals surface area contributed by atoms with Gasteiger partial charge in [-0.05, 0) is 20.8 Å². The summed E-state index contributed by atoms with van der Waals surface area (Å²) in [4.78, 5) is 0. The van der Waals surface area contributed by atoms with E-state index in [0.29, 0.717) is 0 Å². The van der Waals surface area contributed by atoms with Crippen LogP contribution < -0.4 is 4.74 Å². The number of halogens is 1. The quantitative estimate of drug-likeness (QED) is 0.569. The molecule has 0 bridgehead atoms. The Balaban J connectivity index is 0.000000671. The molecule has 1 aromatic rings. The van der Waals surface area contributed by atoms with Crippen LogP contribution in [0.4, 0.5) is 0 Å². The summed E-state index contributed by atoms with van der Waals surface area (Å²) in [7, 11) is 0. The summed E-state index contributed by atoms with van der Waals surface area (Å²) in [6, 6.07) is 10.6. The topological polar surface area (TPSA) is 9.23 Å². The monoisotopic (exact) mass is 292 g/mol. The van der Waals surface area contributed by atoms with Gasteiger partial charge in [-0.3, -0.25) is 0 Å². The predicted octanol–water partition coefficient (Wildman–Crippen LogP) is 3.51. The van der Waals surface area contributed by atoms with Crippen LogP contribution in [0.3, 0.4) is 0 Å². The number of hydrogen-bond donors (Lipinski definition) is 0. The first kappa shape index (κ1) is 13.1. The molecule has 0 amide bonds. The van der Waals surface area contributed by atoms with Crippen LogP contribution >= 0.6 is 13.6 Å². The molecule has 0 aromatic heterocycles. The number of benzene rings is 1. The predicted molar refractivity (Wildman–Crippen MR) is 54.6 cm³/mol. The van der Waals surface area contributed by atoms with Crippen LogP contribution in [-0.4, -0.2) is 5.60 Å². The van der Waals surface area contributed by atoms with Gasteiger partial charge in [0, 0.05) is 5.75 Å². The van der Waals surface area contributed by atoms with Crippen LogP contribution in [0.15, 0.2) is 24.3 Å². The van der Waals surface area contributed by atoms with Crippen molar-refractivity contribution < 1.29 is 21.1 Å². The molecule has 0 aliphatic rings. The molecule has 0 aliphatic carbocycles. The maximum absolute atomic E-state index is 5.55. The molecule has 1 rings (SSSR count). The van der Waals surface area contributed by atoms with E-state index in [2.05, 4.69) is 19.7 Å². The molecule has 0 fully saturated rings. The van der Waals surface area contributed by atoms with Crippen molar-refractivity contribution in [2.75, 3.05) is 0 Å². The molecular formula is C10H13BrOZn. The first-order valence-electron chi connectivity index (χ1n) is 4.00. The van der Waals surface area contributed by atoms with E-state index in [1.165, 1.54) is 16.3 Å². The van der Waals surface area contributed by atoms with Crippen molar-refractivity contribution in [3.05, 3.63) is 30.3 Å². The Labute approximate surface area is 96.9 Å². The fourth-order valence-corrected chi connectivity index (χ4v) is 0.770. The molecule has 0 spiro atoms. The molecule has 0 radical (unpaired) electrons. The summed E-state index contributed by atoms with van der Waals surface area (Å²) in [5, 5.41) is 0. The minimum atomic E-state index is -0.127.